The van der Waals surface area contributed by atoms with E-state index in [1.807, 2.05) is 0 Å². The van der Waals surface area contributed by atoms with Gasteiger partial charge in [-0.05, 0) is 42.8 Å². The van der Waals surface area contributed by atoms with Crippen LogP contribution in [0.15, 0.2) is 41.2 Å². The predicted octanol–water partition coefficient (Wildman–Crippen LogP) is 2.65. The lowest BCUT2D eigenvalue weighted by molar-refractivity contribution is 0.581. The molecule has 138 valence electrons. The monoisotopic (exact) mass is 397 g/mol. The number of rotatable bonds is 2. The van der Waals surface area contributed by atoms with Gasteiger partial charge in [-0.1, -0.05) is 6.07 Å². The van der Waals surface area contributed by atoms with Gasteiger partial charge >= 0.3 is 0 Å². The van der Waals surface area contributed by atoms with E-state index in [4.69, 9.17) is 0 Å². The van der Waals surface area contributed by atoms with Crippen molar-refractivity contribution >= 4 is 23.0 Å². The minimum atomic E-state index is -0.868. The smallest absolute Gasteiger partial charge is 0.267 e. The molecule has 0 N–H and O–H groups in total. The van der Waals surface area contributed by atoms with Crippen molar-refractivity contribution in [3.8, 4) is 17.8 Å². The number of hydrogen-bond acceptors (Lipinski definition) is 4. The normalized spacial score (nSPS) is 11.1. The van der Waals surface area contributed by atoms with Gasteiger partial charge in [-0.25, -0.2) is 13.2 Å². The molecule has 0 aliphatic heterocycles. The van der Waals surface area contributed by atoms with Gasteiger partial charge in [-0.15, -0.1) is 11.3 Å². The van der Waals surface area contributed by atoms with Gasteiger partial charge < -0.3 is 0 Å². The summed E-state index contributed by atoms with van der Waals surface area (Å²) in [6.45, 7) is 1.55. The van der Waals surface area contributed by atoms with Crippen LogP contribution < -0.4 is 14.8 Å². The summed E-state index contributed by atoms with van der Waals surface area (Å²) in [6, 6.07) is 10.3. The zero-order valence-corrected chi connectivity index (χ0v) is 15.1. The molecular weight excluding hydrogens is 387 g/mol. The van der Waals surface area contributed by atoms with E-state index >= 15 is 0 Å². The number of halogens is 3. The highest BCUT2D eigenvalue weighted by Gasteiger charge is 2.13. The average molecular weight is 397 g/mol. The largest absolute Gasteiger partial charge is 0.273 e. The standard InChI is InChI=1S/C20H10F3N3OS/c1-11-2-5-15(8-16(11)22)26-19(27)18(28-20(26)13(9-24)10-25)6-12-3-4-14(21)7-17(12)23/h2-8H,1H3/b18-6+. The molecule has 0 bridgehead atoms. The van der Waals surface area contributed by atoms with Gasteiger partial charge in [0.2, 0.25) is 0 Å². The van der Waals surface area contributed by atoms with Gasteiger partial charge in [0.05, 0.1) is 10.2 Å². The maximum absolute atomic E-state index is 14.0. The average Bonchev–Trinajstić information content (AvgIpc) is 2.97. The van der Waals surface area contributed by atoms with Crippen molar-refractivity contribution in [2.24, 2.45) is 0 Å². The second-order valence-corrected chi connectivity index (χ2v) is 6.78. The Bertz CT molecular complexity index is 1340. The van der Waals surface area contributed by atoms with Crippen molar-refractivity contribution in [2.75, 3.05) is 0 Å². The summed E-state index contributed by atoms with van der Waals surface area (Å²) in [4.78, 5) is 12.9. The Balaban J connectivity index is 2.41. The molecule has 0 saturated heterocycles. The molecule has 0 saturated carbocycles. The number of nitrogens with zero attached hydrogens (tertiary/aromatic N) is 3. The molecule has 0 unspecified atom stereocenters. The third-order valence-corrected chi connectivity index (χ3v) is 5.02. The maximum Gasteiger partial charge on any atom is 0.273 e. The van der Waals surface area contributed by atoms with Crippen LogP contribution in [-0.2, 0) is 0 Å². The third-order valence-electron chi connectivity index (χ3n) is 3.92. The van der Waals surface area contributed by atoms with E-state index in [9.17, 15) is 28.5 Å². The number of nitriles is 2. The van der Waals surface area contributed by atoms with Crippen molar-refractivity contribution in [3.63, 3.8) is 0 Å². The molecule has 2 aromatic carbocycles. The van der Waals surface area contributed by atoms with Crippen LogP contribution in [0.4, 0.5) is 13.2 Å². The Morgan fingerprint density at radius 1 is 1.07 bits per heavy atom. The summed E-state index contributed by atoms with van der Waals surface area (Å²) in [7, 11) is 0. The lowest BCUT2D eigenvalue weighted by Gasteiger charge is -2.04. The van der Waals surface area contributed by atoms with Crippen molar-refractivity contribution in [2.45, 2.75) is 6.92 Å². The van der Waals surface area contributed by atoms with Gasteiger partial charge in [0.1, 0.15) is 34.3 Å². The van der Waals surface area contributed by atoms with Crippen LogP contribution >= 0.6 is 11.3 Å². The molecule has 1 heterocycles. The molecule has 3 aromatic rings. The first kappa shape index (κ1) is 19.2. The molecule has 0 aliphatic rings. The molecule has 0 spiro atoms. The van der Waals surface area contributed by atoms with Crippen LogP contribution in [0.25, 0.3) is 17.3 Å². The predicted molar refractivity (Wildman–Crippen MR) is 98.4 cm³/mol. The summed E-state index contributed by atoms with van der Waals surface area (Å²) < 4.78 is 42.1. The van der Waals surface area contributed by atoms with E-state index in [0.29, 0.717) is 11.6 Å². The van der Waals surface area contributed by atoms with E-state index in [0.717, 1.165) is 28.0 Å². The van der Waals surface area contributed by atoms with Crippen LogP contribution in [0, 0.1) is 47.0 Å². The lowest BCUT2D eigenvalue weighted by atomic mass is 10.2. The first-order chi connectivity index (χ1) is 13.3. The van der Waals surface area contributed by atoms with E-state index in [1.165, 1.54) is 24.3 Å². The third kappa shape index (κ3) is 3.46. The van der Waals surface area contributed by atoms with Gasteiger partial charge in [-0.2, -0.15) is 10.5 Å². The van der Waals surface area contributed by atoms with Crippen LogP contribution in [-0.4, -0.2) is 4.57 Å². The quantitative estimate of drug-likeness (QED) is 0.668. The zero-order valence-electron chi connectivity index (χ0n) is 14.3. The second kappa shape index (κ2) is 7.55. The van der Waals surface area contributed by atoms with Gasteiger partial charge in [-0.3, -0.25) is 9.36 Å². The van der Waals surface area contributed by atoms with E-state index in [-0.39, 0.29) is 26.0 Å². The second-order valence-electron chi connectivity index (χ2n) is 5.75. The molecular formula is C20H10F3N3OS. The van der Waals surface area contributed by atoms with Crippen LogP contribution in [0.1, 0.15) is 11.1 Å². The molecule has 3 rings (SSSR count). The van der Waals surface area contributed by atoms with Crippen LogP contribution in [0.3, 0.4) is 0 Å². The minimum Gasteiger partial charge on any atom is -0.267 e. The molecule has 1 aromatic heterocycles. The van der Waals surface area contributed by atoms with Crippen molar-refractivity contribution < 1.29 is 13.2 Å². The van der Waals surface area contributed by atoms with Gasteiger partial charge in [0, 0.05) is 11.6 Å². The fourth-order valence-electron chi connectivity index (χ4n) is 2.49. The molecule has 0 radical (unpaired) electrons. The Morgan fingerprint density at radius 3 is 2.39 bits per heavy atom. The Hall–Kier alpha value is -3.62. The first-order valence-electron chi connectivity index (χ1n) is 7.85. The molecule has 8 heteroatoms. The highest BCUT2D eigenvalue weighted by Crippen LogP contribution is 2.12. The van der Waals surface area contributed by atoms with E-state index < -0.39 is 23.0 Å². The number of aryl methyl sites for hydroxylation is 1. The Labute approximate surface area is 161 Å². The fourth-order valence-corrected chi connectivity index (χ4v) is 3.53. The number of benzene rings is 2. The maximum atomic E-state index is 14.0. The van der Waals surface area contributed by atoms with Gasteiger partial charge in [0.25, 0.3) is 5.56 Å². The van der Waals surface area contributed by atoms with Crippen molar-refractivity contribution in [3.05, 3.63) is 84.5 Å². The summed E-state index contributed by atoms with van der Waals surface area (Å²) >= 11 is 0.786. The SMILES string of the molecule is Cc1ccc(-n2c(=C(C#N)C#N)s/c(=C/c3ccc(F)cc3F)c2=O)cc1F. The number of hydrogen-bond donors (Lipinski definition) is 0. The van der Waals surface area contributed by atoms with Crippen LogP contribution in [0.2, 0.25) is 0 Å². The van der Waals surface area contributed by atoms with Crippen molar-refractivity contribution in [1.29, 1.82) is 10.5 Å². The molecule has 0 fully saturated rings. The van der Waals surface area contributed by atoms with E-state index in [2.05, 4.69) is 0 Å². The van der Waals surface area contributed by atoms with Crippen molar-refractivity contribution in [1.82, 2.24) is 4.57 Å². The fraction of sp³-hybridized carbons (Fsp3) is 0.0500. The van der Waals surface area contributed by atoms with Crippen LogP contribution in [0.5, 0.6) is 0 Å². The summed E-state index contributed by atoms with van der Waals surface area (Å²) in [6.07, 6.45) is 1.19. The number of aromatic nitrogens is 1. The molecule has 4 nitrogen and oxygen atoms in total. The highest BCUT2D eigenvalue weighted by atomic mass is 32.1. The minimum absolute atomic E-state index is 0.00416. The molecule has 0 amide bonds. The van der Waals surface area contributed by atoms with E-state index in [1.54, 1.807) is 19.1 Å². The highest BCUT2D eigenvalue weighted by molar-refractivity contribution is 7.07. The Morgan fingerprint density at radius 2 is 1.79 bits per heavy atom. The zero-order chi connectivity index (χ0) is 20.4. The van der Waals surface area contributed by atoms with Gasteiger partial charge in [0.15, 0.2) is 5.57 Å². The summed E-state index contributed by atoms with van der Waals surface area (Å²) in [5.74, 6) is -2.20. The Kier molecular flexibility index (Phi) is 5.16. The first-order valence-corrected chi connectivity index (χ1v) is 8.67. The topological polar surface area (TPSA) is 69.6 Å². The number of thiazole rings is 1. The molecule has 0 aliphatic carbocycles. The molecule has 0 atom stereocenters. The summed E-state index contributed by atoms with van der Waals surface area (Å²) in [5.41, 5.74) is -0.554. The lowest BCUT2D eigenvalue weighted by Crippen LogP contribution is -2.30. The molecule has 28 heavy (non-hydrogen) atoms. The summed E-state index contributed by atoms with van der Waals surface area (Å²) in [5, 5.41) is 18.4.